The van der Waals surface area contributed by atoms with Crippen LogP contribution >= 0.6 is 11.6 Å². The fourth-order valence-electron chi connectivity index (χ4n) is 3.69. The lowest BCUT2D eigenvalue weighted by atomic mass is 10.1. The van der Waals surface area contributed by atoms with Gasteiger partial charge in [-0.25, -0.2) is 8.42 Å². The van der Waals surface area contributed by atoms with Crippen molar-refractivity contribution in [3.63, 3.8) is 0 Å². The Morgan fingerprint density at radius 2 is 1.84 bits per heavy atom. The third kappa shape index (κ3) is 4.50. The minimum atomic E-state index is -3.75. The minimum absolute atomic E-state index is 0.0322. The molecule has 8 nitrogen and oxygen atoms in total. The Balaban J connectivity index is 1.62. The van der Waals surface area contributed by atoms with Crippen molar-refractivity contribution >= 4 is 33.2 Å². The topological polar surface area (TPSA) is 104 Å². The molecule has 1 aromatic heterocycles. The molecule has 0 atom stereocenters. The van der Waals surface area contributed by atoms with Crippen molar-refractivity contribution in [2.45, 2.75) is 24.2 Å². The second-order valence-electron chi connectivity index (χ2n) is 7.45. The van der Waals surface area contributed by atoms with Crippen LogP contribution in [0.15, 0.2) is 53.6 Å². The van der Waals surface area contributed by atoms with E-state index in [9.17, 15) is 13.2 Å². The number of sulfonamides is 1. The van der Waals surface area contributed by atoms with Gasteiger partial charge in [0.25, 0.3) is 5.91 Å². The molecule has 1 amide bonds. The van der Waals surface area contributed by atoms with E-state index in [0.29, 0.717) is 35.1 Å². The maximum atomic E-state index is 13.2. The van der Waals surface area contributed by atoms with Gasteiger partial charge in [-0.05, 0) is 43.2 Å². The highest BCUT2D eigenvalue weighted by Gasteiger charge is 2.29. The molecule has 2 heterocycles. The largest absolute Gasteiger partial charge is 0.495 e. The molecule has 32 heavy (non-hydrogen) atoms. The van der Waals surface area contributed by atoms with Gasteiger partial charge in [0.1, 0.15) is 10.6 Å². The third-order valence-corrected chi connectivity index (χ3v) is 7.54. The van der Waals surface area contributed by atoms with E-state index in [4.69, 9.17) is 16.3 Å². The highest BCUT2D eigenvalue weighted by molar-refractivity contribution is 7.89. The van der Waals surface area contributed by atoms with E-state index >= 15 is 0 Å². The molecule has 10 heteroatoms. The van der Waals surface area contributed by atoms with Crippen LogP contribution in [0.4, 0.5) is 5.69 Å². The van der Waals surface area contributed by atoms with E-state index in [0.717, 1.165) is 24.8 Å². The molecule has 0 bridgehead atoms. The first-order valence-corrected chi connectivity index (χ1v) is 12.0. The first-order valence-electron chi connectivity index (χ1n) is 10.2. The molecule has 0 saturated carbocycles. The average Bonchev–Trinajstić information content (AvgIpc) is 3.30. The number of aromatic amines is 1. The lowest BCUT2D eigenvalue weighted by Crippen LogP contribution is -2.35. The van der Waals surface area contributed by atoms with Crippen molar-refractivity contribution in [2.24, 2.45) is 0 Å². The molecule has 2 N–H and O–H groups in total. The fourth-order valence-corrected chi connectivity index (χ4v) is 5.52. The highest BCUT2D eigenvalue weighted by Crippen LogP contribution is 2.32. The number of aromatic nitrogens is 2. The smallest absolute Gasteiger partial charge is 0.259 e. The maximum Gasteiger partial charge on any atom is 0.259 e. The van der Waals surface area contributed by atoms with Crippen LogP contribution in [0.2, 0.25) is 5.02 Å². The Kier molecular flexibility index (Phi) is 6.50. The summed E-state index contributed by atoms with van der Waals surface area (Å²) in [6, 6.07) is 11.6. The average molecular weight is 475 g/mol. The first kappa shape index (κ1) is 22.3. The molecule has 0 aliphatic carbocycles. The predicted octanol–water partition coefficient (Wildman–Crippen LogP) is 4.17. The Bertz CT molecular complexity index is 1220. The number of carbonyl (C=O) groups excluding carboxylic acids is 1. The van der Waals surface area contributed by atoms with E-state index in [1.54, 1.807) is 36.4 Å². The fraction of sp³-hybridized carbons (Fsp3) is 0.273. The van der Waals surface area contributed by atoms with Crippen LogP contribution in [0, 0.1) is 0 Å². The van der Waals surface area contributed by atoms with Crippen LogP contribution in [-0.4, -0.2) is 49.0 Å². The van der Waals surface area contributed by atoms with Crippen molar-refractivity contribution in [3.05, 3.63) is 59.2 Å². The molecule has 0 spiro atoms. The molecule has 1 fully saturated rings. The van der Waals surface area contributed by atoms with Crippen LogP contribution in [0.5, 0.6) is 5.75 Å². The number of rotatable bonds is 6. The molecule has 1 saturated heterocycles. The summed E-state index contributed by atoms with van der Waals surface area (Å²) in [5.41, 5.74) is 1.95. The van der Waals surface area contributed by atoms with E-state index in [-0.39, 0.29) is 10.6 Å². The molecule has 0 radical (unpaired) electrons. The van der Waals surface area contributed by atoms with Crippen molar-refractivity contribution in [1.82, 2.24) is 14.5 Å². The number of benzene rings is 2. The number of piperidine rings is 1. The predicted molar refractivity (Wildman–Crippen MR) is 123 cm³/mol. The lowest BCUT2D eigenvalue weighted by Gasteiger charge is -2.26. The zero-order valence-corrected chi connectivity index (χ0v) is 19.0. The van der Waals surface area contributed by atoms with E-state index in [1.807, 2.05) is 0 Å². The van der Waals surface area contributed by atoms with E-state index in [2.05, 4.69) is 15.5 Å². The number of hydrogen-bond acceptors (Lipinski definition) is 5. The number of H-pyrrole nitrogens is 1. The Morgan fingerprint density at radius 1 is 1.12 bits per heavy atom. The van der Waals surface area contributed by atoms with Gasteiger partial charge in [0.15, 0.2) is 0 Å². The van der Waals surface area contributed by atoms with E-state index < -0.39 is 15.9 Å². The van der Waals surface area contributed by atoms with Crippen molar-refractivity contribution in [3.8, 4) is 17.0 Å². The molecule has 1 aliphatic heterocycles. The Morgan fingerprint density at radius 3 is 2.53 bits per heavy atom. The summed E-state index contributed by atoms with van der Waals surface area (Å²) in [7, 11) is -2.32. The van der Waals surface area contributed by atoms with Gasteiger partial charge in [-0.2, -0.15) is 9.40 Å². The summed E-state index contributed by atoms with van der Waals surface area (Å²) < 4.78 is 33.2. The highest BCUT2D eigenvalue weighted by atomic mass is 35.5. The number of methoxy groups -OCH3 is 1. The number of halogens is 1. The normalized spacial score (nSPS) is 14.8. The molecule has 2 aromatic carbocycles. The molecule has 1 aliphatic rings. The van der Waals surface area contributed by atoms with Gasteiger partial charge < -0.3 is 10.1 Å². The van der Waals surface area contributed by atoms with E-state index in [1.165, 1.54) is 23.7 Å². The number of carbonyl (C=O) groups is 1. The van der Waals surface area contributed by atoms with Gasteiger partial charge in [-0.3, -0.25) is 9.89 Å². The van der Waals surface area contributed by atoms with Gasteiger partial charge in [-0.15, -0.1) is 0 Å². The Labute approximate surface area is 191 Å². The number of anilines is 1. The molecule has 0 unspecified atom stereocenters. The molecule has 4 rings (SSSR count). The van der Waals surface area contributed by atoms with Crippen LogP contribution in [0.1, 0.15) is 29.6 Å². The number of hydrogen-bond donors (Lipinski definition) is 2. The molecular weight excluding hydrogens is 452 g/mol. The third-order valence-electron chi connectivity index (χ3n) is 5.37. The molecule has 168 valence electrons. The molecule has 3 aromatic rings. The zero-order chi connectivity index (χ0) is 22.7. The number of nitrogens with zero attached hydrogens (tertiary/aromatic N) is 2. The van der Waals surface area contributed by atoms with Gasteiger partial charge >= 0.3 is 0 Å². The zero-order valence-electron chi connectivity index (χ0n) is 17.5. The summed E-state index contributed by atoms with van der Waals surface area (Å²) in [4.78, 5) is 13.0. The van der Waals surface area contributed by atoms with Crippen LogP contribution in [0.3, 0.4) is 0 Å². The maximum absolute atomic E-state index is 13.2. The van der Waals surface area contributed by atoms with Crippen molar-refractivity contribution in [2.75, 3.05) is 25.5 Å². The standard InChI is InChI=1S/C22H23ClN4O4S/c1-31-19-10-9-17(13-20(19)32(29,30)27-11-3-2-4-12-27)25-22(28)18-14-24-26-21(18)15-5-7-16(23)8-6-15/h5-10,13-14H,2-4,11-12H2,1H3,(H,24,26)(H,25,28). The van der Waals surface area contributed by atoms with Gasteiger partial charge in [0, 0.05) is 29.4 Å². The lowest BCUT2D eigenvalue weighted by molar-refractivity contribution is 0.102. The Hall–Kier alpha value is -2.88. The van der Waals surface area contributed by atoms with Gasteiger partial charge in [0.2, 0.25) is 10.0 Å². The SMILES string of the molecule is COc1ccc(NC(=O)c2cn[nH]c2-c2ccc(Cl)cc2)cc1S(=O)(=O)N1CCCCC1. The monoisotopic (exact) mass is 474 g/mol. The summed E-state index contributed by atoms with van der Waals surface area (Å²) >= 11 is 5.95. The number of nitrogens with one attached hydrogen (secondary N) is 2. The molecular formula is C22H23ClN4O4S. The summed E-state index contributed by atoms with van der Waals surface area (Å²) in [5, 5.41) is 10.2. The van der Waals surface area contributed by atoms with Crippen molar-refractivity contribution < 1.29 is 17.9 Å². The van der Waals surface area contributed by atoms with Crippen molar-refractivity contribution in [1.29, 1.82) is 0 Å². The summed E-state index contributed by atoms with van der Waals surface area (Å²) in [6.45, 7) is 0.948. The quantitative estimate of drug-likeness (QED) is 0.558. The number of ether oxygens (including phenoxy) is 1. The first-order chi connectivity index (χ1) is 15.4. The minimum Gasteiger partial charge on any atom is -0.495 e. The second-order valence-corrected chi connectivity index (χ2v) is 9.79. The van der Waals surface area contributed by atoms with Gasteiger partial charge in [0.05, 0.1) is 24.6 Å². The summed E-state index contributed by atoms with van der Waals surface area (Å²) in [6.07, 6.45) is 4.09. The van der Waals surface area contributed by atoms with Crippen LogP contribution < -0.4 is 10.1 Å². The second kappa shape index (κ2) is 9.32. The summed E-state index contributed by atoms with van der Waals surface area (Å²) in [5.74, 6) is -0.186. The van der Waals surface area contributed by atoms with Crippen LogP contribution in [0.25, 0.3) is 11.3 Å². The van der Waals surface area contributed by atoms with Crippen LogP contribution in [-0.2, 0) is 10.0 Å². The van der Waals surface area contributed by atoms with Gasteiger partial charge in [-0.1, -0.05) is 30.2 Å². The number of amides is 1.